The maximum atomic E-state index is 12.6. The van der Waals surface area contributed by atoms with Crippen LogP contribution in [0.25, 0.3) is 6.08 Å². The Kier molecular flexibility index (Phi) is 6.01. The first-order chi connectivity index (χ1) is 13.8. The number of allylic oxidation sites excluding steroid dienone is 1. The van der Waals surface area contributed by atoms with Gasteiger partial charge in [-0.2, -0.15) is 17.6 Å². The average Bonchev–Trinajstić information content (AvgIpc) is 2.65. The first kappa shape index (κ1) is 20.2. The molecule has 1 N–H and O–H groups in total. The maximum absolute atomic E-state index is 12.6. The molecule has 0 aliphatic carbocycles. The van der Waals surface area contributed by atoms with E-state index >= 15 is 0 Å². The van der Waals surface area contributed by atoms with Crippen molar-refractivity contribution in [2.45, 2.75) is 13.2 Å². The molecule has 2 aromatic carbocycles. The van der Waals surface area contributed by atoms with Gasteiger partial charge in [-0.05, 0) is 42.5 Å². The topological polar surface area (TPSA) is 73.9 Å². The highest BCUT2D eigenvalue weighted by Gasteiger charge is 2.17. The molecule has 1 aliphatic rings. The fourth-order valence-corrected chi connectivity index (χ4v) is 2.52. The summed E-state index contributed by atoms with van der Waals surface area (Å²) < 4.78 is 63.5. The third-order valence-corrected chi connectivity index (χ3v) is 3.74. The van der Waals surface area contributed by atoms with Crippen molar-refractivity contribution in [3.8, 4) is 17.2 Å². The predicted octanol–water partition coefficient (Wildman–Crippen LogP) is 4.12. The Labute approximate surface area is 161 Å². The molecule has 1 heterocycles. The van der Waals surface area contributed by atoms with E-state index < -0.39 is 24.8 Å². The van der Waals surface area contributed by atoms with Crippen LogP contribution in [0.5, 0.6) is 17.2 Å². The molecule has 0 spiro atoms. The molecule has 29 heavy (non-hydrogen) atoms. The van der Waals surface area contributed by atoms with Gasteiger partial charge < -0.3 is 19.5 Å². The number of nitrogens with one attached hydrogen (secondary N) is 1. The van der Waals surface area contributed by atoms with E-state index in [4.69, 9.17) is 4.74 Å². The number of carbonyl (C=O) groups excluding carboxylic acids is 2. The zero-order valence-electron chi connectivity index (χ0n) is 14.5. The fourth-order valence-electron chi connectivity index (χ4n) is 2.52. The minimum atomic E-state index is -3.20. The number of carbonyl (C=O) groups is 2. The number of halogens is 4. The van der Waals surface area contributed by atoms with E-state index in [-0.39, 0.29) is 29.4 Å². The van der Waals surface area contributed by atoms with Gasteiger partial charge in [0.15, 0.2) is 12.4 Å². The smallest absolute Gasteiger partial charge is 0.387 e. The summed E-state index contributed by atoms with van der Waals surface area (Å²) in [5.41, 5.74) is 0.588. The fraction of sp³-hybridized carbons (Fsp3) is 0.158. The highest BCUT2D eigenvalue weighted by Crippen LogP contribution is 2.30. The van der Waals surface area contributed by atoms with Crippen molar-refractivity contribution in [3.05, 3.63) is 53.6 Å². The lowest BCUT2D eigenvalue weighted by Gasteiger charge is -2.18. The number of hydrogen-bond acceptors (Lipinski definition) is 5. The highest BCUT2D eigenvalue weighted by atomic mass is 19.3. The number of benzene rings is 2. The van der Waals surface area contributed by atoms with Crippen LogP contribution in [0.15, 0.2) is 42.5 Å². The third kappa shape index (κ3) is 5.24. The van der Waals surface area contributed by atoms with Crippen molar-refractivity contribution >= 4 is 23.5 Å². The van der Waals surface area contributed by atoms with Gasteiger partial charge in [-0.1, -0.05) is 0 Å². The number of amides is 1. The molecule has 0 atom stereocenters. The van der Waals surface area contributed by atoms with Gasteiger partial charge in [0, 0.05) is 17.2 Å². The highest BCUT2D eigenvalue weighted by molar-refractivity contribution is 6.08. The van der Waals surface area contributed by atoms with E-state index in [1.54, 1.807) is 0 Å². The summed E-state index contributed by atoms with van der Waals surface area (Å²) in [7, 11) is 0. The molecular weight excluding hydrogens is 398 g/mol. The molecule has 0 saturated heterocycles. The summed E-state index contributed by atoms with van der Waals surface area (Å²) in [6, 6.07) is 7.58. The number of fused-ring (bicyclic) bond motifs is 1. The second-order valence-electron chi connectivity index (χ2n) is 5.70. The SMILES string of the molecule is O=C1COc2ccc(C(=O)/C=C/c3ccc(OC(F)F)cc3OC(F)F)cc2N1. The Balaban J connectivity index is 1.82. The van der Waals surface area contributed by atoms with Gasteiger partial charge >= 0.3 is 13.2 Å². The molecular formula is C19H13F4NO5. The van der Waals surface area contributed by atoms with Crippen LogP contribution >= 0.6 is 0 Å². The Morgan fingerprint density at radius 1 is 1.07 bits per heavy atom. The lowest BCUT2D eigenvalue weighted by Crippen LogP contribution is -2.25. The third-order valence-electron chi connectivity index (χ3n) is 3.74. The van der Waals surface area contributed by atoms with Gasteiger partial charge in [0.2, 0.25) is 0 Å². The second kappa shape index (κ2) is 8.63. The lowest BCUT2D eigenvalue weighted by atomic mass is 10.1. The lowest BCUT2D eigenvalue weighted by molar-refractivity contribution is -0.118. The van der Waals surface area contributed by atoms with Crippen LogP contribution in [-0.4, -0.2) is 31.5 Å². The van der Waals surface area contributed by atoms with Crippen molar-refractivity contribution in [1.82, 2.24) is 0 Å². The summed E-state index contributed by atoms with van der Waals surface area (Å²) in [4.78, 5) is 23.7. The van der Waals surface area contributed by atoms with E-state index in [9.17, 15) is 27.2 Å². The molecule has 0 radical (unpaired) electrons. The maximum Gasteiger partial charge on any atom is 0.387 e. The summed E-state index contributed by atoms with van der Waals surface area (Å²) in [6.45, 7) is -6.46. The van der Waals surface area contributed by atoms with Crippen LogP contribution in [0.4, 0.5) is 23.2 Å². The van der Waals surface area contributed by atoms with Gasteiger partial charge in [0.1, 0.15) is 17.2 Å². The molecule has 1 amide bonds. The summed E-state index contributed by atoms with van der Waals surface area (Å²) in [6.07, 6.45) is 2.29. The van der Waals surface area contributed by atoms with Crippen LogP contribution in [0.1, 0.15) is 15.9 Å². The van der Waals surface area contributed by atoms with E-state index in [0.717, 1.165) is 18.2 Å². The zero-order valence-corrected chi connectivity index (χ0v) is 14.5. The number of hydrogen-bond donors (Lipinski definition) is 1. The Bertz CT molecular complexity index is 962. The predicted molar refractivity (Wildman–Crippen MR) is 93.6 cm³/mol. The molecule has 0 aromatic heterocycles. The summed E-state index contributed by atoms with van der Waals surface area (Å²) in [5, 5.41) is 2.56. The van der Waals surface area contributed by atoms with Gasteiger partial charge in [-0.25, -0.2) is 0 Å². The van der Waals surface area contributed by atoms with Crippen LogP contribution < -0.4 is 19.5 Å². The Morgan fingerprint density at radius 3 is 2.55 bits per heavy atom. The quantitative estimate of drug-likeness (QED) is 0.422. The van der Waals surface area contributed by atoms with Crippen molar-refractivity contribution in [2.24, 2.45) is 0 Å². The van der Waals surface area contributed by atoms with E-state index in [1.807, 2.05) is 0 Å². The van der Waals surface area contributed by atoms with Crippen LogP contribution in [0.2, 0.25) is 0 Å². The van der Waals surface area contributed by atoms with Gasteiger partial charge in [-0.3, -0.25) is 9.59 Å². The van der Waals surface area contributed by atoms with Crippen LogP contribution in [0.3, 0.4) is 0 Å². The molecule has 152 valence electrons. The standard InChI is InChI=1S/C19H13F4NO5/c20-18(21)28-12-4-1-10(16(8-12)29-19(22)23)2-5-14(25)11-3-6-15-13(7-11)24-17(26)9-27-15/h1-8,18-19H,9H2,(H,24,26)/b5-2+. The zero-order chi connectivity index (χ0) is 21.0. The molecule has 0 saturated carbocycles. The number of alkyl halides is 4. The average molecular weight is 411 g/mol. The monoisotopic (exact) mass is 411 g/mol. The molecule has 1 aliphatic heterocycles. The molecule has 0 fully saturated rings. The van der Waals surface area contributed by atoms with Crippen LogP contribution in [0, 0.1) is 0 Å². The summed E-state index contributed by atoms with van der Waals surface area (Å²) in [5.74, 6) is -1.26. The van der Waals surface area contributed by atoms with Gasteiger partial charge in [0.05, 0.1) is 5.69 Å². The largest absolute Gasteiger partial charge is 0.482 e. The number of anilines is 1. The normalized spacial score (nSPS) is 13.2. The van der Waals surface area contributed by atoms with Crippen molar-refractivity contribution < 1.29 is 41.4 Å². The van der Waals surface area contributed by atoms with E-state index in [1.165, 1.54) is 30.3 Å². The minimum absolute atomic E-state index is 0.0508. The molecule has 2 aromatic rings. The number of rotatable bonds is 7. The summed E-state index contributed by atoms with van der Waals surface area (Å²) >= 11 is 0. The van der Waals surface area contributed by atoms with Gasteiger partial charge in [0.25, 0.3) is 5.91 Å². The first-order valence-corrected chi connectivity index (χ1v) is 8.14. The number of ether oxygens (including phenoxy) is 3. The van der Waals surface area contributed by atoms with Crippen molar-refractivity contribution in [3.63, 3.8) is 0 Å². The molecule has 10 heteroatoms. The molecule has 0 bridgehead atoms. The van der Waals surface area contributed by atoms with Crippen LogP contribution in [-0.2, 0) is 4.79 Å². The Morgan fingerprint density at radius 2 is 1.83 bits per heavy atom. The molecule has 3 rings (SSSR count). The molecule has 0 unspecified atom stereocenters. The van der Waals surface area contributed by atoms with Crippen molar-refractivity contribution in [1.29, 1.82) is 0 Å². The number of ketones is 1. The van der Waals surface area contributed by atoms with E-state index in [0.29, 0.717) is 11.4 Å². The Hall–Kier alpha value is -3.56. The van der Waals surface area contributed by atoms with Crippen molar-refractivity contribution in [2.75, 3.05) is 11.9 Å². The van der Waals surface area contributed by atoms with Gasteiger partial charge in [-0.15, -0.1) is 0 Å². The second-order valence-corrected chi connectivity index (χ2v) is 5.70. The first-order valence-electron chi connectivity index (χ1n) is 8.14. The molecule has 6 nitrogen and oxygen atoms in total. The minimum Gasteiger partial charge on any atom is -0.482 e. The van der Waals surface area contributed by atoms with E-state index in [2.05, 4.69) is 14.8 Å².